The molecule has 0 radical (unpaired) electrons. The van der Waals surface area contributed by atoms with Gasteiger partial charge in [0.1, 0.15) is 0 Å². The van der Waals surface area contributed by atoms with Gasteiger partial charge < -0.3 is 15.4 Å². The van der Waals surface area contributed by atoms with Crippen LogP contribution in [0.3, 0.4) is 0 Å². The molecule has 0 bridgehead atoms. The Morgan fingerprint density at radius 2 is 1.91 bits per heavy atom. The normalized spacial score (nSPS) is 11.4. The van der Waals surface area contributed by atoms with Gasteiger partial charge in [-0.25, -0.2) is 4.79 Å². The maximum atomic E-state index is 11.6. The lowest BCUT2D eigenvalue weighted by atomic mass is 10.1. The van der Waals surface area contributed by atoms with Crippen molar-refractivity contribution >= 4 is 40.6 Å². The maximum Gasteiger partial charge on any atom is 0.337 e. The van der Waals surface area contributed by atoms with E-state index in [0.29, 0.717) is 21.4 Å². The van der Waals surface area contributed by atoms with Crippen molar-refractivity contribution in [2.45, 2.75) is 13.0 Å². The first-order chi connectivity index (χ1) is 11.0. The van der Waals surface area contributed by atoms with Crippen LogP contribution in [0.15, 0.2) is 48.5 Å². The minimum absolute atomic E-state index is 0.0405. The standard InChI is InChI=1S/C17H17ClN2O2S/c1-11(12-6-4-3-5-7-12)19-17(23)20-15-10-13(16(21)22-2)8-9-14(15)18/h3-11H,1-2H3,(H2,19,20,23)/t11-/m0/s1. The minimum atomic E-state index is -0.429. The van der Waals surface area contributed by atoms with Crippen LogP contribution in [0.2, 0.25) is 5.02 Å². The van der Waals surface area contributed by atoms with Gasteiger partial charge in [-0.3, -0.25) is 0 Å². The Kier molecular flexibility index (Phi) is 5.96. The first-order valence-corrected chi connectivity index (χ1v) is 7.80. The van der Waals surface area contributed by atoms with E-state index >= 15 is 0 Å². The van der Waals surface area contributed by atoms with Gasteiger partial charge in [0.25, 0.3) is 0 Å². The number of thiocarbonyl (C=S) groups is 1. The van der Waals surface area contributed by atoms with E-state index in [9.17, 15) is 4.79 Å². The molecule has 4 nitrogen and oxygen atoms in total. The number of carbonyl (C=O) groups is 1. The van der Waals surface area contributed by atoms with Crippen molar-refractivity contribution in [1.82, 2.24) is 5.32 Å². The van der Waals surface area contributed by atoms with Crippen LogP contribution in [0.1, 0.15) is 28.9 Å². The van der Waals surface area contributed by atoms with Gasteiger partial charge in [0.2, 0.25) is 0 Å². The molecule has 6 heteroatoms. The number of esters is 1. The van der Waals surface area contributed by atoms with Crippen LogP contribution in [0.5, 0.6) is 0 Å². The van der Waals surface area contributed by atoms with E-state index < -0.39 is 5.97 Å². The fraction of sp³-hybridized carbons (Fsp3) is 0.176. The first kappa shape index (κ1) is 17.2. The van der Waals surface area contributed by atoms with Gasteiger partial charge >= 0.3 is 5.97 Å². The molecule has 0 aliphatic rings. The van der Waals surface area contributed by atoms with Gasteiger partial charge in [-0.15, -0.1) is 0 Å². The van der Waals surface area contributed by atoms with Crippen molar-refractivity contribution < 1.29 is 9.53 Å². The number of halogens is 1. The third-order valence-electron chi connectivity index (χ3n) is 3.28. The first-order valence-electron chi connectivity index (χ1n) is 7.01. The van der Waals surface area contributed by atoms with Gasteiger partial charge in [0.15, 0.2) is 5.11 Å². The molecule has 0 heterocycles. The summed E-state index contributed by atoms with van der Waals surface area (Å²) in [4.78, 5) is 11.6. The Morgan fingerprint density at radius 1 is 1.22 bits per heavy atom. The quantitative estimate of drug-likeness (QED) is 0.641. The number of rotatable bonds is 4. The number of nitrogens with one attached hydrogen (secondary N) is 2. The number of methoxy groups -OCH3 is 1. The number of hydrogen-bond donors (Lipinski definition) is 2. The molecule has 2 rings (SSSR count). The fourth-order valence-electron chi connectivity index (χ4n) is 2.05. The van der Waals surface area contributed by atoms with Crippen molar-refractivity contribution in [2.24, 2.45) is 0 Å². The third kappa shape index (κ3) is 4.68. The zero-order chi connectivity index (χ0) is 16.8. The topological polar surface area (TPSA) is 50.4 Å². The summed E-state index contributed by atoms with van der Waals surface area (Å²) in [7, 11) is 1.33. The summed E-state index contributed by atoms with van der Waals surface area (Å²) in [6.45, 7) is 2.01. The number of ether oxygens (including phenoxy) is 1. The number of hydrogen-bond acceptors (Lipinski definition) is 3. The van der Waals surface area contributed by atoms with Crippen LogP contribution in [0.4, 0.5) is 5.69 Å². The van der Waals surface area contributed by atoms with E-state index in [1.165, 1.54) is 7.11 Å². The van der Waals surface area contributed by atoms with Crippen LogP contribution in [0, 0.1) is 0 Å². The molecule has 0 saturated carbocycles. The van der Waals surface area contributed by atoms with E-state index in [1.54, 1.807) is 18.2 Å². The summed E-state index contributed by atoms with van der Waals surface area (Å²) in [6.07, 6.45) is 0. The minimum Gasteiger partial charge on any atom is -0.465 e. The Balaban J connectivity index is 2.06. The van der Waals surface area contributed by atoms with Gasteiger partial charge in [-0.2, -0.15) is 0 Å². The largest absolute Gasteiger partial charge is 0.465 e. The van der Waals surface area contributed by atoms with E-state index in [2.05, 4.69) is 10.6 Å². The maximum absolute atomic E-state index is 11.6. The van der Waals surface area contributed by atoms with Crippen molar-refractivity contribution in [3.8, 4) is 0 Å². The molecule has 2 N–H and O–H groups in total. The van der Waals surface area contributed by atoms with Gasteiger partial charge in [-0.05, 0) is 42.9 Å². The predicted octanol–water partition coefficient (Wildman–Crippen LogP) is 4.17. The molecule has 0 amide bonds. The molecule has 0 aromatic heterocycles. The smallest absolute Gasteiger partial charge is 0.337 e. The summed E-state index contributed by atoms with van der Waals surface area (Å²) >= 11 is 11.5. The summed E-state index contributed by atoms with van der Waals surface area (Å²) in [5.41, 5.74) is 2.07. The molecular formula is C17H17ClN2O2S. The SMILES string of the molecule is COC(=O)c1ccc(Cl)c(NC(=S)N[C@@H](C)c2ccccc2)c1. The van der Waals surface area contributed by atoms with Crippen LogP contribution in [0.25, 0.3) is 0 Å². The van der Waals surface area contributed by atoms with Gasteiger partial charge in [-0.1, -0.05) is 41.9 Å². The lowest BCUT2D eigenvalue weighted by Crippen LogP contribution is -2.31. The summed E-state index contributed by atoms with van der Waals surface area (Å²) in [6, 6.07) is 14.8. The monoisotopic (exact) mass is 348 g/mol. The predicted molar refractivity (Wildman–Crippen MR) is 97.0 cm³/mol. The number of anilines is 1. The Bertz CT molecular complexity index is 707. The third-order valence-corrected chi connectivity index (χ3v) is 3.83. The van der Waals surface area contributed by atoms with Crippen molar-refractivity contribution in [1.29, 1.82) is 0 Å². The van der Waals surface area contributed by atoms with Crippen LogP contribution in [-0.2, 0) is 4.74 Å². The zero-order valence-electron chi connectivity index (χ0n) is 12.8. The molecule has 0 aliphatic carbocycles. The molecule has 2 aromatic carbocycles. The molecule has 2 aromatic rings. The van der Waals surface area contributed by atoms with Crippen LogP contribution in [-0.4, -0.2) is 18.2 Å². The average Bonchev–Trinajstić information content (AvgIpc) is 2.56. The summed E-state index contributed by atoms with van der Waals surface area (Å²) in [5.74, 6) is -0.429. The van der Waals surface area contributed by atoms with Crippen LogP contribution >= 0.6 is 23.8 Å². The molecular weight excluding hydrogens is 332 g/mol. The Morgan fingerprint density at radius 3 is 2.57 bits per heavy atom. The van der Waals surface area contributed by atoms with E-state index in [-0.39, 0.29) is 6.04 Å². The Labute approximate surface area is 145 Å². The van der Waals surface area contributed by atoms with E-state index in [0.717, 1.165) is 5.56 Å². The second-order valence-corrected chi connectivity index (χ2v) is 5.73. The molecule has 0 fully saturated rings. The molecule has 0 spiro atoms. The highest BCUT2D eigenvalue weighted by Crippen LogP contribution is 2.23. The molecule has 23 heavy (non-hydrogen) atoms. The van der Waals surface area contributed by atoms with Gasteiger partial charge in [0, 0.05) is 0 Å². The highest BCUT2D eigenvalue weighted by Gasteiger charge is 2.11. The molecule has 0 aliphatic heterocycles. The summed E-state index contributed by atoms with van der Waals surface area (Å²) < 4.78 is 4.70. The molecule has 0 saturated heterocycles. The van der Waals surface area contributed by atoms with Crippen molar-refractivity contribution in [3.05, 3.63) is 64.7 Å². The molecule has 120 valence electrons. The lowest BCUT2D eigenvalue weighted by Gasteiger charge is -2.18. The summed E-state index contributed by atoms with van der Waals surface area (Å²) in [5, 5.41) is 7.08. The molecule has 0 unspecified atom stereocenters. The number of benzene rings is 2. The van der Waals surface area contributed by atoms with E-state index in [4.69, 9.17) is 28.6 Å². The van der Waals surface area contributed by atoms with E-state index in [1.807, 2.05) is 37.3 Å². The molecule has 1 atom stereocenters. The second-order valence-electron chi connectivity index (χ2n) is 4.92. The lowest BCUT2D eigenvalue weighted by molar-refractivity contribution is 0.0601. The highest BCUT2D eigenvalue weighted by molar-refractivity contribution is 7.80. The Hall–Kier alpha value is -2.11. The average molecular weight is 349 g/mol. The number of carbonyl (C=O) groups excluding carboxylic acids is 1. The zero-order valence-corrected chi connectivity index (χ0v) is 14.4. The van der Waals surface area contributed by atoms with Crippen molar-refractivity contribution in [2.75, 3.05) is 12.4 Å². The second kappa shape index (κ2) is 7.94. The highest BCUT2D eigenvalue weighted by atomic mass is 35.5. The van der Waals surface area contributed by atoms with Crippen LogP contribution < -0.4 is 10.6 Å². The van der Waals surface area contributed by atoms with Crippen molar-refractivity contribution in [3.63, 3.8) is 0 Å². The fourth-order valence-corrected chi connectivity index (χ4v) is 2.50. The van der Waals surface area contributed by atoms with Gasteiger partial charge in [0.05, 0.1) is 29.4 Å².